The highest BCUT2D eigenvalue weighted by molar-refractivity contribution is 7.89. The summed E-state index contributed by atoms with van der Waals surface area (Å²) in [5, 5.41) is 2.87. The maximum absolute atomic E-state index is 12.2. The maximum Gasteiger partial charge on any atom is 0.251 e. The number of likely N-dealkylation sites (tertiary alicyclic amines) is 1. The van der Waals surface area contributed by atoms with Crippen LogP contribution in [0.4, 0.5) is 0 Å². The third-order valence-corrected chi connectivity index (χ3v) is 5.77. The first-order valence-electron chi connectivity index (χ1n) is 8.46. The van der Waals surface area contributed by atoms with Crippen LogP contribution in [-0.4, -0.2) is 52.5 Å². The number of nitrogens with one attached hydrogen (secondary N) is 2. The van der Waals surface area contributed by atoms with Gasteiger partial charge in [-0.25, -0.2) is 13.1 Å². The maximum atomic E-state index is 12.2. The molecule has 0 aliphatic carbocycles. The molecule has 0 radical (unpaired) electrons. The van der Waals surface area contributed by atoms with E-state index in [-0.39, 0.29) is 10.8 Å². The Kier molecular flexibility index (Phi) is 6.77. The molecule has 1 aromatic carbocycles. The monoisotopic (exact) mass is 353 g/mol. The summed E-state index contributed by atoms with van der Waals surface area (Å²) in [6.45, 7) is 6.13. The topological polar surface area (TPSA) is 78.5 Å². The minimum atomic E-state index is -3.54. The van der Waals surface area contributed by atoms with Gasteiger partial charge in [0.05, 0.1) is 4.90 Å². The van der Waals surface area contributed by atoms with E-state index in [1.54, 1.807) is 12.1 Å². The molecule has 1 unspecified atom stereocenters. The van der Waals surface area contributed by atoms with E-state index in [1.165, 1.54) is 32.0 Å². The summed E-state index contributed by atoms with van der Waals surface area (Å²) in [5.74, 6) is 0.514. The molecule has 2 N–H and O–H groups in total. The third kappa shape index (κ3) is 5.29. The van der Waals surface area contributed by atoms with Crippen molar-refractivity contribution in [3.05, 3.63) is 29.8 Å². The Labute approximate surface area is 144 Å². The summed E-state index contributed by atoms with van der Waals surface area (Å²) in [6, 6.07) is 6.07. The molecule has 1 aliphatic heterocycles. The number of amides is 1. The van der Waals surface area contributed by atoms with E-state index in [9.17, 15) is 13.2 Å². The molecule has 1 aliphatic rings. The molecule has 24 heavy (non-hydrogen) atoms. The highest BCUT2D eigenvalue weighted by Gasteiger charge is 2.16. The molecule has 0 aromatic heterocycles. The number of carbonyl (C=O) groups is 1. The van der Waals surface area contributed by atoms with Gasteiger partial charge in [0.2, 0.25) is 10.0 Å². The van der Waals surface area contributed by atoms with E-state index in [2.05, 4.69) is 21.9 Å². The standard InChI is InChI=1S/C17H27N3O3S/c1-14-6-4-10-20(13-14)11-5-9-19-17(21)15-7-3-8-16(12-15)24(22,23)18-2/h3,7-8,12,14,18H,4-6,9-11,13H2,1-2H3,(H,19,21). The van der Waals surface area contributed by atoms with Gasteiger partial charge in [-0.05, 0) is 63.5 Å². The number of nitrogens with zero attached hydrogens (tertiary/aromatic N) is 1. The van der Waals surface area contributed by atoms with Crippen molar-refractivity contribution in [1.82, 2.24) is 14.9 Å². The second-order valence-corrected chi connectivity index (χ2v) is 8.28. The smallest absolute Gasteiger partial charge is 0.251 e. The van der Waals surface area contributed by atoms with E-state index in [0.29, 0.717) is 12.1 Å². The van der Waals surface area contributed by atoms with Gasteiger partial charge in [0.15, 0.2) is 0 Å². The lowest BCUT2D eigenvalue weighted by Crippen LogP contribution is -2.36. The van der Waals surface area contributed by atoms with Crippen molar-refractivity contribution in [1.29, 1.82) is 0 Å². The minimum Gasteiger partial charge on any atom is -0.352 e. The Morgan fingerprint density at radius 1 is 1.38 bits per heavy atom. The van der Waals surface area contributed by atoms with Crippen molar-refractivity contribution in [3.63, 3.8) is 0 Å². The second-order valence-electron chi connectivity index (χ2n) is 6.39. The molecular formula is C17H27N3O3S. The van der Waals surface area contributed by atoms with Crippen LogP contribution < -0.4 is 10.0 Å². The number of hydrogen-bond donors (Lipinski definition) is 2. The number of rotatable bonds is 7. The fraction of sp³-hybridized carbons (Fsp3) is 0.588. The first-order chi connectivity index (χ1) is 11.4. The van der Waals surface area contributed by atoms with E-state index in [0.717, 1.165) is 32.0 Å². The van der Waals surface area contributed by atoms with Gasteiger partial charge in [-0.15, -0.1) is 0 Å². The number of sulfonamides is 1. The quantitative estimate of drug-likeness (QED) is 0.727. The molecular weight excluding hydrogens is 326 g/mol. The van der Waals surface area contributed by atoms with Crippen molar-refractivity contribution in [3.8, 4) is 0 Å². The Morgan fingerprint density at radius 2 is 2.17 bits per heavy atom. The Morgan fingerprint density at radius 3 is 2.88 bits per heavy atom. The molecule has 1 aromatic rings. The van der Waals surface area contributed by atoms with Crippen LogP contribution in [0.15, 0.2) is 29.2 Å². The molecule has 0 spiro atoms. The molecule has 1 amide bonds. The minimum absolute atomic E-state index is 0.0972. The summed E-state index contributed by atoms with van der Waals surface area (Å²) in [7, 11) is -2.19. The number of piperidine rings is 1. The molecule has 0 saturated carbocycles. The van der Waals surface area contributed by atoms with Crippen LogP contribution in [0, 0.1) is 5.92 Å². The Balaban J connectivity index is 1.81. The van der Waals surface area contributed by atoms with Crippen LogP contribution in [0.5, 0.6) is 0 Å². The molecule has 6 nitrogen and oxygen atoms in total. The highest BCUT2D eigenvalue weighted by Crippen LogP contribution is 2.15. The molecule has 1 atom stereocenters. The molecule has 0 bridgehead atoms. The van der Waals surface area contributed by atoms with Crippen molar-refractivity contribution in [2.24, 2.45) is 5.92 Å². The van der Waals surface area contributed by atoms with Crippen LogP contribution in [0.3, 0.4) is 0 Å². The summed E-state index contributed by atoms with van der Waals surface area (Å²) >= 11 is 0. The first-order valence-corrected chi connectivity index (χ1v) is 9.95. The van der Waals surface area contributed by atoms with E-state index in [4.69, 9.17) is 0 Å². The van der Waals surface area contributed by atoms with Gasteiger partial charge in [0.25, 0.3) is 5.91 Å². The molecule has 1 fully saturated rings. The molecule has 134 valence electrons. The number of carbonyl (C=O) groups excluding carboxylic acids is 1. The van der Waals surface area contributed by atoms with E-state index >= 15 is 0 Å². The molecule has 1 saturated heterocycles. The zero-order valence-electron chi connectivity index (χ0n) is 14.4. The van der Waals surface area contributed by atoms with Gasteiger partial charge >= 0.3 is 0 Å². The van der Waals surface area contributed by atoms with Crippen LogP contribution in [-0.2, 0) is 10.0 Å². The zero-order chi connectivity index (χ0) is 17.6. The van der Waals surface area contributed by atoms with Gasteiger partial charge in [0, 0.05) is 18.7 Å². The lowest BCUT2D eigenvalue weighted by Gasteiger charge is -2.30. The van der Waals surface area contributed by atoms with Crippen LogP contribution in [0.25, 0.3) is 0 Å². The Bertz CT molecular complexity index is 661. The van der Waals surface area contributed by atoms with Gasteiger partial charge in [-0.1, -0.05) is 13.0 Å². The molecule has 2 rings (SSSR count). The normalized spacial score (nSPS) is 19.2. The summed E-state index contributed by atoms with van der Waals surface area (Å²) in [4.78, 5) is 14.7. The fourth-order valence-corrected chi connectivity index (χ4v) is 3.79. The van der Waals surface area contributed by atoms with Crippen LogP contribution >= 0.6 is 0 Å². The fourth-order valence-electron chi connectivity index (χ4n) is 3.02. The summed E-state index contributed by atoms with van der Waals surface area (Å²) in [5.41, 5.74) is 0.359. The lowest BCUT2D eigenvalue weighted by atomic mass is 10.0. The van der Waals surface area contributed by atoms with Crippen LogP contribution in [0.2, 0.25) is 0 Å². The van der Waals surface area contributed by atoms with Crippen molar-refractivity contribution in [2.75, 3.05) is 33.2 Å². The second kappa shape index (κ2) is 8.60. The van der Waals surface area contributed by atoms with Gasteiger partial charge in [0.1, 0.15) is 0 Å². The van der Waals surface area contributed by atoms with Gasteiger partial charge in [-0.3, -0.25) is 4.79 Å². The highest BCUT2D eigenvalue weighted by atomic mass is 32.2. The predicted octanol–water partition coefficient (Wildman–Crippen LogP) is 1.45. The summed E-state index contributed by atoms with van der Waals surface area (Å²) in [6.07, 6.45) is 3.45. The largest absolute Gasteiger partial charge is 0.352 e. The van der Waals surface area contributed by atoms with Gasteiger partial charge < -0.3 is 10.2 Å². The van der Waals surface area contributed by atoms with E-state index in [1.807, 2.05) is 0 Å². The van der Waals surface area contributed by atoms with Crippen LogP contribution in [0.1, 0.15) is 36.5 Å². The first kappa shape index (κ1) is 18.9. The average molecular weight is 353 g/mol. The summed E-state index contributed by atoms with van der Waals surface area (Å²) < 4.78 is 25.8. The predicted molar refractivity (Wildman–Crippen MR) is 94.5 cm³/mol. The van der Waals surface area contributed by atoms with Crippen molar-refractivity contribution in [2.45, 2.75) is 31.1 Å². The van der Waals surface area contributed by atoms with Gasteiger partial charge in [-0.2, -0.15) is 0 Å². The zero-order valence-corrected chi connectivity index (χ0v) is 15.2. The van der Waals surface area contributed by atoms with E-state index < -0.39 is 10.0 Å². The Hall–Kier alpha value is -1.44. The van der Waals surface area contributed by atoms with Crippen molar-refractivity contribution < 1.29 is 13.2 Å². The third-order valence-electron chi connectivity index (χ3n) is 4.35. The average Bonchev–Trinajstić information content (AvgIpc) is 2.58. The lowest BCUT2D eigenvalue weighted by molar-refractivity contribution is 0.0950. The molecule has 7 heteroatoms. The SMILES string of the molecule is CNS(=O)(=O)c1cccc(C(=O)NCCCN2CCCC(C)C2)c1. The number of hydrogen-bond acceptors (Lipinski definition) is 4. The molecule has 1 heterocycles. The van der Waals surface area contributed by atoms with Crippen molar-refractivity contribution >= 4 is 15.9 Å². The number of benzene rings is 1.